The quantitative estimate of drug-likeness (QED) is 0.434. The summed E-state index contributed by atoms with van der Waals surface area (Å²) in [5, 5.41) is 1.29. The second-order valence-electron chi connectivity index (χ2n) is 7.96. The van der Waals surface area contributed by atoms with E-state index < -0.39 is 0 Å². The average molecular weight is 384 g/mol. The number of nitrogens with zero attached hydrogens (tertiary/aromatic N) is 1. The van der Waals surface area contributed by atoms with Crippen molar-refractivity contribution in [2.45, 2.75) is 25.3 Å². The van der Waals surface area contributed by atoms with Gasteiger partial charge in [0.15, 0.2) is 0 Å². The molecule has 3 heteroatoms. The highest BCUT2D eigenvalue weighted by molar-refractivity contribution is 5.90. The van der Waals surface area contributed by atoms with E-state index in [0.717, 1.165) is 38.0 Å². The van der Waals surface area contributed by atoms with Crippen molar-refractivity contribution < 1.29 is 4.39 Å². The van der Waals surface area contributed by atoms with Gasteiger partial charge in [-0.3, -0.25) is 4.90 Å². The van der Waals surface area contributed by atoms with Crippen LogP contribution in [0, 0.1) is 5.82 Å². The largest absolute Gasteiger partial charge is 0.354 e. The molecule has 29 heavy (non-hydrogen) atoms. The lowest BCUT2D eigenvalue weighted by atomic mass is 9.89. The molecule has 5 rings (SSSR count). The Morgan fingerprint density at radius 2 is 1.52 bits per heavy atom. The smallest absolute Gasteiger partial charge is 0.126 e. The number of aromatic nitrogens is 1. The third kappa shape index (κ3) is 3.58. The van der Waals surface area contributed by atoms with Crippen LogP contribution in [-0.2, 0) is 6.54 Å². The summed E-state index contributed by atoms with van der Waals surface area (Å²) >= 11 is 0. The van der Waals surface area contributed by atoms with Crippen molar-refractivity contribution in [2.24, 2.45) is 0 Å². The van der Waals surface area contributed by atoms with Crippen LogP contribution in [0.2, 0.25) is 0 Å². The lowest BCUT2D eigenvalue weighted by Gasteiger charge is -2.32. The molecule has 2 nitrogen and oxygen atoms in total. The van der Waals surface area contributed by atoms with Crippen LogP contribution in [0.3, 0.4) is 0 Å². The van der Waals surface area contributed by atoms with Crippen LogP contribution >= 0.6 is 0 Å². The Labute approximate surface area is 171 Å². The van der Waals surface area contributed by atoms with Crippen LogP contribution < -0.4 is 0 Å². The van der Waals surface area contributed by atoms with Gasteiger partial charge in [0.05, 0.1) is 5.69 Å². The molecule has 2 heterocycles. The minimum absolute atomic E-state index is 0.0612. The molecule has 0 spiro atoms. The van der Waals surface area contributed by atoms with Crippen molar-refractivity contribution in [2.75, 3.05) is 13.1 Å². The van der Waals surface area contributed by atoms with Crippen molar-refractivity contribution in [3.05, 3.63) is 95.8 Å². The Hall–Kier alpha value is -2.91. The number of aromatic amines is 1. The second kappa shape index (κ2) is 7.84. The molecule has 0 radical (unpaired) electrons. The molecule has 0 amide bonds. The molecular weight excluding hydrogens is 359 g/mol. The maximum atomic E-state index is 14.2. The minimum atomic E-state index is -0.0612. The Bertz CT molecular complexity index is 1110. The molecule has 1 aliphatic rings. The van der Waals surface area contributed by atoms with Crippen molar-refractivity contribution >= 4 is 10.9 Å². The summed E-state index contributed by atoms with van der Waals surface area (Å²) in [5.74, 6) is 0.262. The molecule has 0 aliphatic carbocycles. The summed E-state index contributed by atoms with van der Waals surface area (Å²) in [6.45, 7) is 2.90. The Kier molecular flexibility index (Phi) is 4.91. The highest BCUT2D eigenvalue weighted by Crippen LogP contribution is 2.34. The average Bonchev–Trinajstić information content (AvgIpc) is 3.14. The molecular formula is C26H25FN2. The van der Waals surface area contributed by atoms with Crippen LogP contribution in [0.4, 0.5) is 4.39 Å². The Morgan fingerprint density at radius 3 is 2.31 bits per heavy atom. The zero-order chi connectivity index (χ0) is 19.6. The first-order chi connectivity index (χ1) is 14.3. The number of piperidine rings is 1. The van der Waals surface area contributed by atoms with E-state index in [1.165, 1.54) is 27.7 Å². The molecule has 1 N–H and O–H groups in total. The minimum Gasteiger partial charge on any atom is -0.354 e. The Morgan fingerprint density at radius 1 is 0.828 bits per heavy atom. The highest BCUT2D eigenvalue weighted by Gasteiger charge is 2.24. The van der Waals surface area contributed by atoms with Crippen LogP contribution in [-0.4, -0.2) is 23.0 Å². The number of hydrogen-bond acceptors (Lipinski definition) is 1. The first kappa shape index (κ1) is 18.1. The summed E-state index contributed by atoms with van der Waals surface area (Å²) in [6, 6.07) is 26.4. The molecule has 1 aromatic heterocycles. The fourth-order valence-corrected chi connectivity index (χ4v) is 4.65. The molecule has 0 atom stereocenters. The molecule has 1 fully saturated rings. The van der Waals surface area contributed by atoms with Gasteiger partial charge in [-0.1, -0.05) is 66.7 Å². The third-order valence-corrected chi connectivity index (χ3v) is 6.19. The molecule has 1 saturated heterocycles. The summed E-state index contributed by atoms with van der Waals surface area (Å²) in [4.78, 5) is 6.15. The predicted octanol–water partition coefficient (Wildman–Crippen LogP) is 6.35. The van der Waals surface area contributed by atoms with Gasteiger partial charge in [0, 0.05) is 17.4 Å². The SMILES string of the molecule is Fc1ccccc1C1CCN(Cc2c(-c3ccccc3)[nH]c3ccccc23)CC1. The number of halogens is 1. The van der Waals surface area contributed by atoms with Gasteiger partial charge >= 0.3 is 0 Å². The van der Waals surface area contributed by atoms with Gasteiger partial charge in [-0.05, 0) is 60.7 Å². The molecule has 0 unspecified atom stereocenters. The van der Waals surface area contributed by atoms with Gasteiger partial charge in [0.1, 0.15) is 5.82 Å². The van der Waals surface area contributed by atoms with Crippen molar-refractivity contribution in [1.82, 2.24) is 9.88 Å². The van der Waals surface area contributed by atoms with E-state index in [4.69, 9.17) is 0 Å². The Balaban J connectivity index is 1.39. The monoisotopic (exact) mass is 384 g/mol. The number of nitrogens with one attached hydrogen (secondary N) is 1. The fraction of sp³-hybridized carbons (Fsp3) is 0.231. The maximum absolute atomic E-state index is 14.2. The molecule has 3 aromatic carbocycles. The number of fused-ring (bicyclic) bond motifs is 1. The van der Waals surface area contributed by atoms with Crippen molar-refractivity contribution in [3.63, 3.8) is 0 Å². The van der Waals surface area contributed by atoms with E-state index in [0.29, 0.717) is 5.92 Å². The maximum Gasteiger partial charge on any atom is 0.126 e. The van der Waals surface area contributed by atoms with E-state index in [1.54, 1.807) is 12.1 Å². The molecule has 1 aliphatic heterocycles. The summed E-state index contributed by atoms with van der Waals surface area (Å²) < 4.78 is 14.2. The standard InChI is InChI=1S/C26H25FN2/c27-24-12-6-4-10-21(24)19-14-16-29(17-15-19)18-23-22-11-5-7-13-25(22)28-26(23)20-8-2-1-3-9-20/h1-13,19,28H,14-18H2. The summed E-state index contributed by atoms with van der Waals surface area (Å²) in [6.07, 6.45) is 2.01. The fourth-order valence-electron chi connectivity index (χ4n) is 4.65. The lowest BCUT2D eigenvalue weighted by Crippen LogP contribution is -2.32. The van der Waals surface area contributed by atoms with E-state index in [1.807, 2.05) is 12.1 Å². The predicted molar refractivity (Wildman–Crippen MR) is 117 cm³/mol. The van der Waals surface area contributed by atoms with Gasteiger partial charge in [-0.25, -0.2) is 4.39 Å². The van der Waals surface area contributed by atoms with Gasteiger partial charge in [-0.2, -0.15) is 0 Å². The van der Waals surface area contributed by atoms with E-state index in [9.17, 15) is 4.39 Å². The number of H-pyrrole nitrogens is 1. The zero-order valence-electron chi connectivity index (χ0n) is 16.4. The molecule has 146 valence electrons. The van der Waals surface area contributed by atoms with Crippen molar-refractivity contribution in [1.29, 1.82) is 0 Å². The van der Waals surface area contributed by atoms with Crippen LogP contribution in [0.1, 0.15) is 29.9 Å². The summed E-state index contributed by atoms with van der Waals surface area (Å²) in [5.41, 5.74) is 5.85. The first-order valence-corrected chi connectivity index (χ1v) is 10.4. The van der Waals surface area contributed by atoms with E-state index in [-0.39, 0.29) is 5.82 Å². The number of benzene rings is 3. The van der Waals surface area contributed by atoms with Crippen LogP contribution in [0.15, 0.2) is 78.9 Å². The van der Waals surface area contributed by atoms with E-state index >= 15 is 0 Å². The summed E-state index contributed by atoms with van der Waals surface area (Å²) in [7, 11) is 0. The molecule has 0 bridgehead atoms. The van der Waals surface area contributed by atoms with E-state index in [2.05, 4.69) is 64.5 Å². The molecule has 0 saturated carbocycles. The lowest BCUT2D eigenvalue weighted by molar-refractivity contribution is 0.204. The highest BCUT2D eigenvalue weighted by atomic mass is 19.1. The van der Waals surface area contributed by atoms with Crippen LogP contribution in [0.5, 0.6) is 0 Å². The van der Waals surface area contributed by atoms with Crippen molar-refractivity contribution in [3.8, 4) is 11.3 Å². The van der Waals surface area contributed by atoms with Gasteiger partial charge < -0.3 is 4.98 Å². The third-order valence-electron chi connectivity index (χ3n) is 6.19. The van der Waals surface area contributed by atoms with Gasteiger partial charge in [0.25, 0.3) is 0 Å². The first-order valence-electron chi connectivity index (χ1n) is 10.4. The molecule has 4 aromatic rings. The normalized spacial score (nSPS) is 15.8. The van der Waals surface area contributed by atoms with Crippen LogP contribution in [0.25, 0.3) is 22.2 Å². The zero-order valence-corrected chi connectivity index (χ0v) is 16.4. The number of rotatable bonds is 4. The topological polar surface area (TPSA) is 19.0 Å². The second-order valence-corrected chi connectivity index (χ2v) is 7.96. The van der Waals surface area contributed by atoms with Gasteiger partial charge in [-0.15, -0.1) is 0 Å². The number of para-hydroxylation sites is 1. The number of hydrogen-bond donors (Lipinski definition) is 1. The van der Waals surface area contributed by atoms with Gasteiger partial charge in [0.2, 0.25) is 0 Å². The number of likely N-dealkylation sites (tertiary alicyclic amines) is 1.